The number of aromatic nitrogens is 4. The van der Waals surface area contributed by atoms with Gasteiger partial charge in [-0.2, -0.15) is 18.3 Å². The van der Waals surface area contributed by atoms with Crippen molar-refractivity contribution in [3.8, 4) is 5.95 Å². The number of nitrogens with one attached hydrogen (secondary N) is 1. The van der Waals surface area contributed by atoms with E-state index in [1.807, 2.05) is 0 Å². The number of H-pyrrole nitrogens is 1. The minimum absolute atomic E-state index is 0.113. The van der Waals surface area contributed by atoms with E-state index in [1.165, 1.54) is 10.7 Å². The number of aromatic amines is 1. The highest BCUT2D eigenvalue weighted by Gasteiger charge is 2.30. The zero-order valence-corrected chi connectivity index (χ0v) is 10.8. The van der Waals surface area contributed by atoms with Crippen molar-refractivity contribution in [3.63, 3.8) is 0 Å². The molecular formula is C13H9F3N4O. The molecule has 0 atom stereocenters. The summed E-state index contributed by atoms with van der Waals surface area (Å²) in [6, 6.07) is 4.58. The molecule has 3 rings (SSSR count). The molecule has 1 N–H and O–H groups in total. The molecule has 0 radical (unpaired) electrons. The number of fused-ring (bicyclic) bond motifs is 1. The summed E-state index contributed by atoms with van der Waals surface area (Å²) in [4.78, 5) is 18.5. The summed E-state index contributed by atoms with van der Waals surface area (Å²) in [6.07, 6.45) is -2.90. The van der Waals surface area contributed by atoms with Crippen LogP contribution >= 0.6 is 0 Å². The molecule has 1 aromatic carbocycles. The third-order valence-electron chi connectivity index (χ3n) is 2.96. The lowest BCUT2D eigenvalue weighted by Gasteiger charge is -2.08. The topological polar surface area (TPSA) is 63.6 Å². The normalized spacial score (nSPS) is 12.0. The second-order valence-corrected chi connectivity index (χ2v) is 4.52. The second kappa shape index (κ2) is 4.44. The van der Waals surface area contributed by atoms with Gasteiger partial charge in [0, 0.05) is 6.20 Å². The van der Waals surface area contributed by atoms with Gasteiger partial charge in [0.1, 0.15) is 0 Å². The SMILES string of the molecule is Cc1ccn(-c2nc3ccc(C(F)(F)F)cc3c(=O)[nH]2)n1. The third kappa shape index (κ3) is 2.39. The van der Waals surface area contributed by atoms with Crippen molar-refractivity contribution < 1.29 is 13.2 Å². The van der Waals surface area contributed by atoms with E-state index in [1.54, 1.807) is 19.2 Å². The summed E-state index contributed by atoms with van der Waals surface area (Å²) in [5.74, 6) is 0.153. The Morgan fingerprint density at radius 1 is 1.24 bits per heavy atom. The molecule has 21 heavy (non-hydrogen) atoms. The van der Waals surface area contributed by atoms with E-state index in [9.17, 15) is 18.0 Å². The van der Waals surface area contributed by atoms with Crippen LogP contribution in [0.2, 0.25) is 0 Å². The molecule has 0 saturated heterocycles. The van der Waals surface area contributed by atoms with Gasteiger partial charge in [0.05, 0.1) is 22.2 Å². The van der Waals surface area contributed by atoms with Crippen LogP contribution in [0.25, 0.3) is 16.9 Å². The lowest BCUT2D eigenvalue weighted by Crippen LogP contribution is -2.15. The quantitative estimate of drug-likeness (QED) is 0.749. The van der Waals surface area contributed by atoms with Crippen LogP contribution in [0.15, 0.2) is 35.3 Å². The minimum atomic E-state index is -4.50. The van der Waals surface area contributed by atoms with Crippen LogP contribution in [0.5, 0.6) is 0 Å². The van der Waals surface area contributed by atoms with E-state index in [0.717, 1.165) is 17.8 Å². The maximum Gasteiger partial charge on any atom is 0.416 e. The monoisotopic (exact) mass is 294 g/mol. The lowest BCUT2D eigenvalue weighted by molar-refractivity contribution is -0.137. The third-order valence-corrected chi connectivity index (χ3v) is 2.96. The first-order valence-corrected chi connectivity index (χ1v) is 5.98. The predicted molar refractivity (Wildman–Crippen MR) is 69.2 cm³/mol. The Balaban J connectivity index is 2.20. The number of nitrogens with zero attached hydrogens (tertiary/aromatic N) is 3. The van der Waals surface area contributed by atoms with Gasteiger partial charge in [-0.1, -0.05) is 0 Å². The van der Waals surface area contributed by atoms with Crippen molar-refractivity contribution in [2.24, 2.45) is 0 Å². The largest absolute Gasteiger partial charge is 0.416 e. The van der Waals surface area contributed by atoms with Gasteiger partial charge in [0.15, 0.2) is 0 Å². The molecule has 3 aromatic rings. The number of rotatable bonds is 1. The molecule has 0 fully saturated rings. The highest BCUT2D eigenvalue weighted by Crippen LogP contribution is 2.30. The van der Waals surface area contributed by atoms with E-state index < -0.39 is 17.3 Å². The second-order valence-electron chi connectivity index (χ2n) is 4.52. The van der Waals surface area contributed by atoms with Gasteiger partial charge in [-0.3, -0.25) is 9.78 Å². The van der Waals surface area contributed by atoms with Crippen molar-refractivity contribution in [2.45, 2.75) is 13.1 Å². The Bertz CT molecular complexity index is 879. The minimum Gasteiger partial charge on any atom is -0.290 e. The molecule has 5 nitrogen and oxygen atoms in total. The zero-order valence-electron chi connectivity index (χ0n) is 10.8. The van der Waals surface area contributed by atoms with Gasteiger partial charge in [-0.25, -0.2) is 9.67 Å². The molecule has 0 saturated carbocycles. The van der Waals surface area contributed by atoms with Crippen LogP contribution in [0.4, 0.5) is 13.2 Å². The number of hydrogen-bond donors (Lipinski definition) is 1. The molecule has 0 aliphatic heterocycles. The molecule has 8 heteroatoms. The number of hydrogen-bond acceptors (Lipinski definition) is 3. The fourth-order valence-electron chi connectivity index (χ4n) is 1.94. The van der Waals surface area contributed by atoms with Gasteiger partial charge >= 0.3 is 6.18 Å². The predicted octanol–water partition coefficient (Wildman–Crippen LogP) is 2.44. The maximum absolute atomic E-state index is 12.6. The molecular weight excluding hydrogens is 285 g/mol. The van der Waals surface area contributed by atoms with Crippen LogP contribution in [-0.4, -0.2) is 19.7 Å². The summed E-state index contributed by atoms with van der Waals surface area (Å²) in [6.45, 7) is 1.77. The van der Waals surface area contributed by atoms with E-state index in [0.29, 0.717) is 0 Å². The summed E-state index contributed by atoms with van der Waals surface area (Å²) in [5, 5.41) is 3.98. The zero-order chi connectivity index (χ0) is 15.2. The number of benzene rings is 1. The number of aryl methyl sites for hydroxylation is 1. The van der Waals surface area contributed by atoms with E-state index in [2.05, 4.69) is 15.1 Å². The number of halogens is 3. The van der Waals surface area contributed by atoms with Crippen LogP contribution in [0.1, 0.15) is 11.3 Å². The number of alkyl halides is 3. The Hall–Kier alpha value is -2.64. The van der Waals surface area contributed by atoms with Crippen molar-refractivity contribution in [2.75, 3.05) is 0 Å². The maximum atomic E-state index is 12.6. The van der Waals surface area contributed by atoms with Crippen LogP contribution in [-0.2, 0) is 6.18 Å². The molecule has 0 amide bonds. The first kappa shape index (κ1) is 13.3. The van der Waals surface area contributed by atoms with Gasteiger partial charge in [-0.15, -0.1) is 0 Å². The average Bonchev–Trinajstić information content (AvgIpc) is 2.84. The standard InChI is InChI=1S/C13H9F3N4O/c1-7-4-5-20(19-7)12-17-10-3-2-8(13(14,15)16)6-9(10)11(21)18-12/h2-6H,1H3,(H,17,18,21). The first-order chi connectivity index (χ1) is 9.84. The van der Waals surface area contributed by atoms with Gasteiger partial charge in [-0.05, 0) is 31.2 Å². The Morgan fingerprint density at radius 2 is 2.00 bits per heavy atom. The summed E-state index contributed by atoms with van der Waals surface area (Å²) in [5.41, 5.74) is -0.626. The Labute approximate surface area is 116 Å². The van der Waals surface area contributed by atoms with Crippen molar-refractivity contribution in [1.29, 1.82) is 0 Å². The van der Waals surface area contributed by atoms with Gasteiger partial charge in [0.2, 0.25) is 5.95 Å². The fraction of sp³-hybridized carbons (Fsp3) is 0.154. The van der Waals surface area contributed by atoms with Crippen molar-refractivity contribution in [3.05, 3.63) is 52.1 Å². The van der Waals surface area contributed by atoms with Crippen LogP contribution in [0.3, 0.4) is 0 Å². The molecule has 0 aliphatic carbocycles. The molecule has 2 aromatic heterocycles. The van der Waals surface area contributed by atoms with E-state index in [-0.39, 0.29) is 16.9 Å². The Morgan fingerprint density at radius 3 is 2.62 bits per heavy atom. The summed E-state index contributed by atoms with van der Waals surface area (Å²) < 4.78 is 39.3. The van der Waals surface area contributed by atoms with E-state index >= 15 is 0 Å². The fourth-order valence-corrected chi connectivity index (χ4v) is 1.94. The smallest absolute Gasteiger partial charge is 0.290 e. The van der Waals surface area contributed by atoms with Gasteiger partial charge in [0.25, 0.3) is 5.56 Å². The van der Waals surface area contributed by atoms with Crippen molar-refractivity contribution >= 4 is 10.9 Å². The molecule has 108 valence electrons. The lowest BCUT2D eigenvalue weighted by atomic mass is 10.1. The van der Waals surface area contributed by atoms with Gasteiger partial charge < -0.3 is 0 Å². The Kier molecular flexibility index (Phi) is 2.82. The molecule has 0 unspecified atom stereocenters. The van der Waals surface area contributed by atoms with Crippen LogP contribution < -0.4 is 5.56 Å². The molecule has 2 heterocycles. The average molecular weight is 294 g/mol. The first-order valence-electron chi connectivity index (χ1n) is 5.98. The van der Waals surface area contributed by atoms with E-state index in [4.69, 9.17) is 0 Å². The summed E-state index contributed by atoms with van der Waals surface area (Å²) >= 11 is 0. The van der Waals surface area contributed by atoms with Crippen LogP contribution in [0, 0.1) is 6.92 Å². The molecule has 0 aliphatic rings. The molecule has 0 bridgehead atoms. The van der Waals surface area contributed by atoms with Crippen molar-refractivity contribution in [1.82, 2.24) is 19.7 Å². The highest BCUT2D eigenvalue weighted by atomic mass is 19.4. The molecule has 0 spiro atoms. The summed E-state index contributed by atoms with van der Waals surface area (Å²) in [7, 11) is 0. The highest BCUT2D eigenvalue weighted by molar-refractivity contribution is 5.78.